The summed E-state index contributed by atoms with van der Waals surface area (Å²) >= 11 is 0. The van der Waals surface area contributed by atoms with Crippen LogP contribution >= 0.6 is 0 Å². The Morgan fingerprint density at radius 3 is 2.64 bits per heavy atom. The van der Waals surface area contributed by atoms with Crippen molar-refractivity contribution in [3.05, 3.63) is 23.9 Å². The van der Waals surface area contributed by atoms with Crippen LogP contribution in [-0.2, 0) is 0 Å². The SMILES string of the molecule is Cc1nc(C)n(-c2ccnc(N)n2)n1. The Morgan fingerprint density at radius 2 is 2.07 bits per heavy atom. The van der Waals surface area contributed by atoms with Gasteiger partial charge in [-0.1, -0.05) is 0 Å². The molecule has 0 aromatic carbocycles. The average Bonchev–Trinajstić information content (AvgIpc) is 2.45. The van der Waals surface area contributed by atoms with Gasteiger partial charge in [0.25, 0.3) is 0 Å². The minimum atomic E-state index is 0.232. The molecule has 0 aliphatic carbocycles. The van der Waals surface area contributed by atoms with E-state index >= 15 is 0 Å². The van der Waals surface area contributed by atoms with Gasteiger partial charge in [0.2, 0.25) is 5.95 Å². The molecule has 0 aliphatic heterocycles. The van der Waals surface area contributed by atoms with Crippen molar-refractivity contribution in [3.63, 3.8) is 0 Å². The number of rotatable bonds is 1. The van der Waals surface area contributed by atoms with Gasteiger partial charge in [-0.3, -0.25) is 0 Å². The number of anilines is 1. The Labute approximate surface area is 80.8 Å². The predicted octanol–water partition coefficient (Wildman–Crippen LogP) is 0.256. The lowest BCUT2D eigenvalue weighted by molar-refractivity contribution is 0.800. The molecule has 0 fully saturated rings. The minimum absolute atomic E-state index is 0.232. The highest BCUT2D eigenvalue weighted by atomic mass is 15.4. The lowest BCUT2D eigenvalue weighted by Crippen LogP contribution is -2.05. The van der Waals surface area contributed by atoms with Crippen molar-refractivity contribution >= 4 is 5.95 Å². The summed E-state index contributed by atoms with van der Waals surface area (Å²) in [4.78, 5) is 12.0. The molecule has 0 saturated carbocycles. The molecule has 72 valence electrons. The molecule has 0 bridgehead atoms. The van der Waals surface area contributed by atoms with Gasteiger partial charge >= 0.3 is 0 Å². The maximum atomic E-state index is 5.47. The number of aryl methyl sites for hydroxylation is 2. The fraction of sp³-hybridized carbons (Fsp3) is 0.250. The molecule has 0 saturated heterocycles. The van der Waals surface area contributed by atoms with Gasteiger partial charge in [0.05, 0.1) is 0 Å². The molecule has 2 aromatic rings. The highest BCUT2D eigenvalue weighted by molar-refractivity contribution is 5.27. The van der Waals surface area contributed by atoms with Gasteiger partial charge in [-0.2, -0.15) is 9.67 Å². The van der Waals surface area contributed by atoms with E-state index in [1.165, 1.54) is 0 Å². The van der Waals surface area contributed by atoms with Crippen molar-refractivity contribution in [2.45, 2.75) is 13.8 Å². The number of hydrogen-bond acceptors (Lipinski definition) is 5. The highest BCUT2D eigenvalue weighted by Gasteiger charge is 2.05. The molecule has 2 aromatic heterocycles. The van der Waals surface area contributed by atoms with Crippen molar-refractivity contribution < 1.29 is 0 Å². The Kier molecular flexibility index (Phi) is 1.88. The third-order valence-corrected chi connectivity index (χ3v) is 1.75. The van der Waals surface area contributed by atoms with Gasteiger partial charge in [-0.15, -0.1) is 5.10 Å². The first kappa shape index (κ1) is 8.61. The molecule has 14 heavy (non-hydrogen) atoms. The van der Waals surface area contributed by atoms with E-state index in [0.717, 1.165) is 5.82 Å². The summed E-state index contributed by atoms with van der Waals surface area (Å²) in [5, 5.41) is 4.18. The van der Waals surface area contributed by atoms with E-state index in [9.17, 15) is 0 Å². The largest absolute Gasteiger partial charge is 0.368 e. The molecule has 0 aliphatic rings. The number of nitrogens with zero attached hydrogens (tertiary/aromatic N) is 5. The molecule has 2 N–H and O–H groups in total. The third kappa shape index (κ3) is 1.41. The third-order valence-electron chi connectivity index (χ3n) is 1.75. The Hall–Kier alpha value is -1.98. The quantitative estimate of drug-likeness (QED) is 0.697. The van der Waals surface area contributed by atoms with E-state index in [-0.39, 0.29) is 5.95 Å². The topological polar surface area (TPSA) is 82.5 Å². The van der Waals surface area contributed by atoms with Gasteiger partial charge in [0.15, 0.2) is 5.82 Å². The minimum Gasteiger partial charge on any atom is -0.368 e. The van der Waals surface area contributed by atoms with Crippen LogP contribution in [0.15, 0.2) is 12.3 Å². The summed E-state index contributed by atoms with van der Waals surface area (Å²) in [7, 11) is 0. The van der Waals surface area contributed by atoms with E-state index in [0.29, 0.717) is 11.6 Å². The van der Waals surface area contributed by atoms with Crippen molar-refractivity contribution in [3.8, 4) is 5.82 Å². The van der Waals surface area contributed by atoms with Crippen LogP contribution in [0, 0.1) is 13.8 Å². The van der Waals surface area contributed by atoms with Crippen molar-refractivity contribution in [1.29, 1.82) is 0 Å². The Balaban J connectivity index is 2.54. The van der Waals surface area contributed by atoms with E-state index in [4.69, 9.17) is 5.73 Å². The van der Waals surface area contributed by atoms with E-state index in [2.05, 4.69) is 20.1 Å². The van der Waals surface area contributed by atoms with Gasteiger partial charge in [0.1, 0.15) is 11.6 Å². The molecular formula is C8H10N6. The zero-order valence-electron chi connectivity index (χ0n) is 7.97. The zero-order valence-corrected chi connectivity index (χ0v) is 7.97. The average molecular weight is 190 g/mol. The summed E-state index contributed by atoms with van der Waals surface area (Å²) in [5.41, 5.74) is 5.47. The molecule has 0 spiro atoms. The van der Waals surface area contributed by atoms with E-state index in [1.807, 2.05) is 13.8 Å². The maximum absolute atomic E-state index is 5.47. The number of nitrogen functional groups attached to an aromatic ring is 1. The summed E-state index contributed by atoms with van der Waals surface area (Å²) in [5.74, 6) is 2.35. The van der Waals surface area contributed by atoms with Crippen LogP contribution in [0.4, 0.5) is 5.95 Å². The van der Waals surface area contributed by atoms with Crippen LogP contribution in [0.2, 0.25) is 0 Å². The maximum Gasteiger partial charge on any atom is 0.222 e. The van der Waals surface area contributed by atoms with Crippen LogP contribution in [0.5, 0.6) is 0 Å². The smallest absolute Gasteiger partial charge is 0.222 e. The molecule has 2 rings (SSSR count). The second-order valence-corrected chi connectivity index (χ2v) is 2.89. The zero-order chi connectivity index (χ0) is 10.1. The summed E-state index contributed by atoms with van der Waals surface area (Å²) in [6.45, 7) is 3.69. The molecule has 0 radical (unpaired) electrons. The van der Waals surface area contributed by atoms with Gasteiger partial charge in [-0.25, -0.2) is 9.97 Å². The number of hydrogen-bond donors (Lipinski definition) is 1. The normalized spacial score (nSPS) is 10.4. The number of nitrogens with two attached hydrogens (primary N) is 1. The first-order valence-electron chi connectivity index (χ1n) is 4.16. The van der Waals surface area contributed by atoms with Gasteiger partial charge in [-0.05, 0) is 13.8 Å². The van der Waals surface area contributed by atoms with Crippen molar-refractivity contribution in [1.82, 2.24) is 24.7 Å². The van der Waals surface area contributed by atoms with Crippen LogP contribution < -0.4 is 5.73 Å². The van der Waals surface area contributed by atoms with Crippen molar-refractivity contribution in [2.24, 2.45) is 0 Å². The molecule has 0 atom stereocenters. The monoisotopic (exact) mass is 190 g/mol. The Bertz CT molecular complexity index is 461. The van der Waals surface area contributed by atoms with Crippen LogP contribution in [0.25, 0.3) is 5.82 Å². The summed E-state index contributed by atoms with van der Waals surface area (Å²) in [6, 6.07) is 1.73. The van der Waals surface area contributed by atoms with E-state index < -0.39 is 0 Å². The number of aromatic nitrogens is 5. The fourth-order valence-electron chi connectivity index (χ4n) is 1.22. The summed E-state index contributed by atoms with van der Waals surface area (Å²) < 4.78 is 1.63. The van der Waals surface area contributed by atoms with Crippen LogP contribution in [-0.4, -0.2) is 24.7 Å². The van der Waals surface area contributed by atoms with E-state index in [1.54, 1.807) is 16.9 Å². The highest BCUT2D eigenvalue weighted by Crippen LogP contribution is 2.06. The molecule has 2 heterocycles. The second-order valence-electron chi connectivity index (χ2n) is 2.89. The van der Waals surface area contributed by atoms with Crippen molar-refractivity contribution in [2.75, 3.05) is 5.73 Å². The fourth-order valence-corrected chi connectivity index (χ4v) is 1.22. The first-order valence-corrected chi connectivity index (χ1v) is 4.16. The van der Waals surface area contributed by atoms with Gasteiger partial charge in [0, 0.05) is 12.3 Å². The lowest BCUT2D eigenvalue weighted by atomic mass is 10.5. The van der Waals surface area contributed by atoms with Crippen LogP contribution in [0.3, 0.4) is 0 Å². The molecule has 6 nitrogen and oxygen atoms in total. The molecular weight excluding hydrogens is 180 g/mol. The van der Waals surface area contributed by atoms with Gasteiger partial charge < -0.3 is 5.73 Å². The Morgan fingerprint density at radius 1 is 1.29 bits per heavy atom. The van der Waals surface area contributed by atoms with Crippen LogP contribution in [0.1, 0.15) is 11.6 Å². The molecule has 0 amide bonds. The summed E-state index contributed by atoms with van der Waals surface area (Å²) in [6.07, 6.45) is 1.59. The lowest BCUT2D eigenvalue weighted by Gasteiger charge is -2.00. The second kappa shape index (κ2) is 3.06. The molecule has 0 unspecified atom stereocenters. The molecule has 6 heteroatoms. The standard InChI is InChI=1S/C8H10N6/c1-5-11-6(2)14(13-5)7-3-4-10-8(9)12-7/h3-4H,1-2H3,(H2,9,10,12). The predicted molar refractivity (Wildman–Crippen MR) is 50.8 cm³/mol. The first-order chi connectivity index (χ1) is 6.66.